The molecule has 4 aromatic rings. The predicted octanol–water partition coefficient (Wildman–Crippen LogP) is 2.11. The summed E-state index contributed by atoms with van der Waals surface area (Å²) in [5, 5.41) is 11.5. The van der Waals surface area contributed by atoms with E-state index in [1.54, 1.807) is 35.9 Å². The Labute approximate surface area is 196 Å². The number of thioether (sulfide) groups is 1. The summed E-state index contributed by atoms with van der Waals surface area (Å²) < 4.78 is 20.4. The first kappa shape index (κ1) is 23.0. The molecule has 0 unspecified atom stereocenters. The van der Waals surface area contributed by atoms with Crippen molar-refractivity contribution < 1.29 is 13.9 Å². The van der Waals surface area contributed by atoms with E-state index >= 15 is 0 Å². The SMILES string of the molecule is COc1cccc(-n2c(Cc3cc(=O)[nH]c(=O)[nH]3)nnc2SCC(=O)Nc2cccc(F)c2)c1. The van der Waals surface area contributed by atoms with Crippen LogP contribution in [0.2, 0.25) is 0 Å². The van der Waals surface area contributed by atoms with E-state index in [0.717, 1.165) is 11.8 Å². The number of methoxy groups -OCH3 is 1. The van der Waals surface area contributed by atoms with Gasteiger partial charge in [-0.15, -0.1) is 10.2 Å². The lowest BCUT2D eigenvalue weighted by molar-refractivity contribution is -0.113. The molecule has 0 saturated carbocycles. The van der Waals surface area contributed by atoms with E-state index < -0.39 is 17.1 Å². The van der Waals surface area contributed by atoms with Crippen LogP contribution in [0, 0.1) is 5.82 Å². The van der Waals surface area contributed by atoms with Crippen molar-refractivity contribution >= 4 is 23.4 Å². The molecule has 2 heterocycles. The van der Waals surface area contributed by atoms with Gasteiger partial charge in [-0.05, 0) is 30.3 Å². The number of H-pyrrole nitrogens is 2. The third kappa shape index (κ3) is 5.59. The molecule has 34 heavy (non-hydrogen) atoms. The van der Waals surface area contributed by atoms with Gasteiger partial charge in [-0.3, -0.25) is 19.1 Å². The van der Waals surface area contributed by atoms with Crippen molar-refractivity contribution in [1.82, 2.24) is 24.7 Å². The number of hydrogen-bond donors (Lipinski definition) is 3. The highest BCUT2D eigenvalue weighted by Crippen LogP contribution is 2.25. The third-order valence-corrected chi connectivity index (χ3v) is 5.55. The summed E-state index contributed by atoms with van der Waals surface area (Å²) in [4.78, 5) is 40.4. The molecular weight excluding hydrogens is 463 g/mol. The lowest BCUT2D eigenvalue weighted by atomic mass is 10.2. The molecule has 4 rings (SSSR count). The Morgan fingerprint density at radius 2 is 1.94 bits per heavy atom. The molecule has 2 aromatic carbocycles. The number of anilines is 1. The number of rotatable bonds is 8. The number of aromatic amines is 2. The normalized spacial score (nSPS) is 10.8. The van der Waals surface area contributed by atoms with Crippen molar-refractivity contribution in [2.45, 2.75) is 11.6 Å². The number of halogens is 1. The first-order valence-electron chi connectivity index (χ1n) is 10.0. The minimum absolute atomic E-state index is 0.0134. The lowest BCUT2D eigenvalue weighted by Crippen LogP contribution is -2.23. The minimum Gasteiger partial charge on any atom is -0.497 e. The summed E-state index contributed by atoms with van der Waals surface area (Å²) in [6.07, 6.45) is 0.111. The summed E-state index contributed by atoms with van der Waals surface area (Å²) in [6, 6.07) is 14.0. The monoisotopic (exact) mass is 482 g/mol. The zero-order valence-electron chi connectivity index (χ0n) is 17.9. The van der Waals surface area contributed by atoms with Crippen LogP contribution in [0.15, 0.2) is 69.3 Å². The maximum Gasteiger partial charge on any atom is 0.325 e. The summed E-state index contributed by atoms with van der Waals surface area (Å²) >= 11 is 1.13. The molecule has 0 aliphatic rings. The summed E-state index contributed by atoms with van der Waals surface area (Å²) in [7, 11) is 1.54. The number of benzene rings is 2. The number of carbonyl (C=O) groups excluding carboxylic acids is 1. The molecule has 12 heteroatoms. The first-order valence-corrected chi connectivity index (χ1v) is 11.0. The molecule has 0 saturated heterocycles. The Balaban J connectivity index is 1.61. The predicted molar refractivity (Wildman–Crippen MR) is 124 cm³/mol. The smallest absolute Gasteiger partial charge is 0.325 e. The summed E-state index contributed by atoms with van der Waals surface area (Å²) in [6.45, 7) is 0. The maximum atomic E-state index is 13.4. The van der Waals surface area contributed by atoms with Gasteiger partial charge in [-0.1, -0.05) is 23.9 Å². The van der Waals surface area contributed by atoms with E-state index in [2.05, 4.69) is 25.5 Å². The van der Waals surface area contributed by atoms with Gasteiger partial charge in [-0.2, -0.15) is 0 Å². The second-order valence-electron chi connectivity index (χ2n) is 7.07. The molecule has 3 N–H and O–H groups in total. The van der Waals surface area contributed by atoms with Crippen molar-refractivity contribution in [3.8, 4) is 11.4 Å². The molecule has 0 fully saturated rings. The highest BCUT2D eigenvalue weighted by molar-refractivity contribution is 7.99. The second-order valence-corrected chi connectivity index (χ2v) is 8.02. The molecule has 0 bridgehead atoms. The van der Waals surface area contributed by atoms with E-state index in [9.17, 15) is 18.8 Å². The average Bonchev–Trinajstić information content (AvgIpc) is 3.19. The van der Waals surface area contributed by atoms with Gasteiger partial charge in [0.05, 0.1) is 18.6 Å². The quantitative estimate of drug-likeness (QED) is 0.328. The molecule has 0 spiro atoms. The van der Waals surface area contributed by atoms with E-state index in [0.29, 0.717) is 33.8 Å². The van der Waals surface area contributed by atoms with E-state index in [1.165, 1.54) is 24.3 Å². The Hall–Kier alpha value is -4.19. The third-order valence-electron chi connectivity index (χ3n) is 4.62. The average molecular weight is 482 g/mol. The van der Waals surface area contributed by atoms with E-state index in [1.807, 2.05) is 6.07 Å². The van der Waals surface area contributed by atoms with Crippen LogP contribution < -0.4 is 21.3 Å². The fourth-order valence-electron chi connectivity index (χ4n) is 3.20. The van der Waals surface area contributed by atoms with Crippen LogP contribution in [0.3, 0.4) is 0 Å². The van der Waals surface area contributed by atoms with Crippen LogP contribution in [0.25, 0.3) is 5.69 Å². The van der Waals surface area contributed by atoms with Crippen molar-refractivity contribution in [3.05, 3.63) is 92.8 Å². The van der Waals surface area contributed by atoms with Gasteiger partial charge >= 0.3 is 5.69 Å². The number of nitrogens with zero attached hydrogens (tertiary/aromatic N) is 3. The van der Waals surface area contributed by atoms with Gasteiger partial charge in [-0.25, -0.2) is 9.18 Å². The van der Waals surface area contributed by atoms with Gasteiger partial charge in [0.15, 0.2) is 5.16 Å². The Morgan fingerprint density at radius 1 is 1.12 bits per heavy atom. The number of hydrogen-bond acceptors (Lipinski definition) is 7. The van der Waals surface area contributed by atoms with Crippen LogP contribution in [-0.4, -0.2) is 43.5 Å². The standard InChI is InChI=1S/C22H19FN6O4S/c1-33-17-7-3-6-16(11-17)29-18(9-15-10-19(30)26-21(32)25-15)27-28-22(29)34-12-20(31)24-14-5-2-4-13(23)8-14/h2-8,10-11H,9,12H2,1H3,(H,24,31)(H2,25,26,30,32). The molecule has 1 amide bonds. The number of aromatic nitrogens is 5. The lowest BCUT2D eigenvalue weighted by Gasteiger charge is -2.11. The molecule has 0 radical (unpaired) electrons. The largest absolute Gasteiger partial charge is 0.497 e. The highest BCUT2D eigenvalue weighted by Gasteiger charge is 2.17. The first-order chi connectivity index (χ1) is 16.4. The van der Waals surface area contributed by atoms with Gasteiger partial charge < -0.3 is 15.0 Å². The topological polar surface area (TPSA) is 135 Å². The zero-order valence-corrected chi connectivity index (χ0v) is 18.7. The van der Waals surface area contributed by atoms with Gasteiger partial charge in [0.25, 0.3) is 5.56 Å². The van der Waals surface area contributed by atoms with E-state index in [-0.39, 0.29) is 18.1 Å². The van der Waals surface area contributed by atoms with Gasteiger partial charge in [0.1, 0.15) is 17.4 Å². The number of amides is 1. The number of ether oxygens (including phenoxy) is 1. The van der Waals surface area contributed by atoms with Crippen molar-refractivity contribution in [2.24, 2.45) is 0 Å². The number of carbonyl (C=O) groups is 1. The molecule has 0 atom stereocenters. The Bertz CT molecular complexity index is 1420. The highest BCUT2D eigenvalue weighted by atomic mass is 32.2. The summed E-state index contributed by atoms with van der Waals surface area (Å²) in [5.41, 5.74) is 0.206. The van der Waals surface area contributed by atoms with Crippen LogP contribution in [0.1, 0.15) is 11.5 Å². The minimum atomic E-state index is -0.626. The number of nitrogens with one attached hydrogen (secondary N) is 3. The molecule has 10 nitrogen and oxygen atoms in total. The van der Waals surface area contributed by atoms with Crippen molar-refractivity contribution in [1.29, 1.82) is 0 Å². The molecule has 174 valence electrons. The maximum absolute atomic E-state index is 13.4. The van der Waals surface area contributed by atoms with Crippen molar-refractivity contribution in [3.63, 3.8) is 0 Å². The zero-order chi connectivity index (χ0) is 24.1. The van der Waals surface area contributed by atoms with Crippen molar-refractivity contribution in [2.75, 3.05) is 18.2 Å². The van der Waals surface area contributed by atoms with Gasteiger partial charge in [0, 0.05) is 29.9 Å². The van der Waals surface area contributed by atoms with Crippen LogP contribution in [0.4, 0.5) is 10.1 Å². The fraction of sp³-hybridized carbons (Fsp3) is 0.136. The van der Waals surface area contributed by atoms with Crippen LogP contribution in [-0.2, 0) is 11.2 Å². The fourth-order valence-corrected chi connectivity index (χ4v) is 3.97. The molecular formula is C22H19FN6O4S. The van der Waals surface area contributed by atoms with Crippen LogP contribution >= 0.6 is 11.8 Å². The summed E-state index contributed by atoms with van der Waals surface area (Å²) in [5.74, 6) is 0.214. The van der Waals surface area contributed by atoms with Crippen LogP contribution in [0.5, 0.6) is 5.75 Å². The Kier molecular flexibility index (Phi) is 6.87. The second kappa shape index (κ2) is 10.2. The Morgan fingerprint density at radius 3 is 2.71 bits per heavy atom. The molecule has 2 aromatic heterocycles. The van der Waals surface area contributed by atoms with E-state index in [4.69, 9.17) is 4.74 Å². The molecule has 0 aliphatic heterocycles. The molecule has 0 aliphatic carbocycles. The van der Waals surface area contributed by atoms with Gasteiger partial charge in [0.2, 0.25) is 5.91 Å².